The summed E-state index contributed by atoms with van der Waals surface area (Å²) in [5.74, 6) is 0.638. The van der Waals surface area contributed by atoms with Crippen molar-refractivity contribution in [3.8, 4) is 0 Å². The van der Waals surface area contributed by atoms with Crippen LogP contribution in [-0.4, -0.2) is 47.7 Å². The van der Waals surface area contributed by atoms with Gasteiger partial charge in [-0.15, -0.1) is 11.3 Å². The van der Waals surface area contributed by atoms with E-state index in [4.69, 9.17) is 4.99 Å². The molecule has 0 aliphatic carbocycles. The number of carbonyl (C=O) groups excluding carboxylic acids is 1. The number of anilines is 2. The zero-order valence-electron chi connectivity index (χ0n) is 13.3. The Hall–Kier alpha value is -2.41. The quantitative estimate of drug-likeness (QED) is 0.798. The first-order valence-corrected chi connectivity index (χ1v) is 8.78. The molecule has 7 heteroatoms. The molecule has 1 aromatic carbocycles. The van der Waals surface area contributed by atoms with Gasteiger partial charge in [-0.05, 0) is 12.1 Å². The summed E-state index contributed by atoms with van der Waals surface area (Å²) in [5, 5.41) is 7.44. The number of nitrogens with zero attached hydrogens (tertiary/aromatic N) is 3. The number of amidine groups is 1. The number of piperazine rings is 1. The molecular weight excluding hydrogens is 327 g/mol. The van der Waals surface area contributed by atoms with Crippen molar-refractivity contribution in [3.63, 3.8) is 0 Å². The van der Waals surface area contributed by atoms with Gasteiger partial charge < -0.3 is 15.1 Å². The number of amides is 1. The molecule has 1 saturated heterocycles. The van der Waals surface area contributed by atoms with E-state index in [0.717, 1.165) is 35.9 Å². The molecule has 124 valence electrons. The second-order valence-electron chi connectivity index (χ2n) is 5.91. The van der Waals surface area contributed by atoms with Gasteiger partial charge in [-0.1, -0.05) is 0 Å². The number of halogens is 1. The molecule has 2 aliphatic rings. The van der Waals surface area contributed by atoms with Crippen molar-refractivity contribution in [1.82, 2.24) is 9.80 Å². The van der Waals surface area contributed by atoms with Crippen molar-refractivity contribution >= 4 is 40.1 Å². The Bertz CT molecular complexity index is 824. The van der Waals surface area contributed by atoms with Crippen LogP contribution in [0, 0.1) is 5.82 Å². The lowest BCUT2D eigenvalue weighted by Crippen LogP contribution is -2.50. The van der Waals surface area contributed by atoms with Crippen molar-refractivity contribution in [2.45, 2.75) is 6.92 Å². The van der Waals surface area contributed by atoms with Crippen LogP contribution in [0.3, 0.4) is 0 Å². The van der Waals surface area contributed by atoms with Crippen molar-refractivity contribution in [2.75, 3.05) is 31.5 Å². The van der Waals surface area contributed by atoms with Gasteiger partial charge in [-0.3, -0.25) is 4.79 Å². The lowest BCUT2D eigenvalue weighted by molar-refractivity contribution is -0.130. The molecule has 1 aromatic heterocycles. The van der Waals surface area contributed by atoms with E-state index in [1.165, 1.54) is 12.1 Å². The highest BCUT2D eigenvalue weighted by atomic mass is 32.1. The van der Waals surface area contributed by atoms with Gasteiger partial charge in [0.2, 0.25) is 5.91 Å². The molecule has 0 atom stereocenters. The SMILES string of the molecule is CC(=O)N1CCN(C2=Nc3cc(F)ccc3Nc3cscc32)CC1. The highest BCUT2D eigenvalue weighted by Gasteiger charge is 2.26. The number of thiophene rings is 1. The molecule has 0 bridgehead atoms. The van der Waals surface area contributed by atoms with E-state index in [1.54, 1.807) is 24.3 Å². The van der Waals surface area contributed by atoms with Crippen LogP contribution in [0.25, 0.3) is 0 Å². The maximum absolute atomic E-state index is 13.6. The van der Waals surface area contributed by atoms with Crippen LogP contribution in [0.5, 0.6) is 0 Å². The number of hydrogen-bond donors (Lipinski definition) is 1. The standard InChI is InChI=1S/C17H17FN4OS/c1-11(23)21-4-6-22(7-5-21)17-13-9-24-10-16(13)19-14-3-2-12(18)8-15(14)20-17/h2-3,8-10,19H,4-7H2,1H3. The molecule has 1 amide bonds. The second-order valence-corrected chi connectivity index (χ2v) is 6.66. The van der Waals surface area contributed by atoms with Crippen LogP contribution in [0.2, 0.25) is 0 Å². The third-order valence-corrected chi connectivity index (χ3v) is 5.13. The summed E-state index contributed by atoms with van der Waals surface area (Å²) in [5.41, 5.74) is 3.40. The normalized spacial score (nSPS) is 16.7. The topological polar surface area (TPSA) is 47.9 Å². The zero-order valence-corrected chi connectivity index (χ0v) is 14.1. The molecule has 0 unspecified atom stereocenters. The predicted molar refractivity (Wildman–Crippen MR) is 94.0 cm³/mol. The smallest absolute Gasteiger partial charge is 0.219 e. The summed E-state index contributed by atoms with van der Waals surface area (Å²) < 4.78 is 13.6. The van der Waals surface area contributed by atoms with Crippen molar-refractivity contribution in [1.29, 1.82) is 0 Å². The number of fused-ring (bicyclic) bond motifs is 2. The molecule has 2 aromatic rings. The highest BCUT2D eigenvalue weighted by molar-refractivity contribution is 7.08. The first-order chi connectivity index (χ1) is 11.6. The fraction of sp³-hybridized carbons (Fsp3) is 0.294. The minimum Gasteiger partial charge on any atom is -0.352 e. The fourth-order valence-corrected chi connectivity index (χ4v) is 3.82. The Labute approximate surface area is 143 Å². The molecule has 24 heavy (non-hydrogen) atoms. The average Bonchev–Trinajstić information content (AvgIpc) is 2.97. The monoisotopic (exact) mass is 344 g/mol. The third-order valence-electron chi connectivity index (χ3n) is 4.38. The van der Waals surface area contributed by atoms with Crippen LogP contribution in [-0.2, 0) is 4.79 Å². The lowest BCUT2D eigenvalue weighted by atomic mass is 10.2. The number of benzene rings is 1. The summed E-state index contributed by atoms with van der Waals surface area (Å²) >= 11 is 1.61. The minimum atomic E-state index is -0.301. The summed E-state index contributed by atoms with van der Waals surface area (Å²) in [6, 6.07) is 4.60. The molecule has 2 aliphatic heterocycles. The Morgan fingerprint density at radius 1 is 1.21 bits per heavy atom. The number of hydrogen-bond acceptors (Lipinski definition) is 5. The summed E-state index contributed by atoms with van der Waals surface area (Å²) in [6.07, 6.45) is 0. The van der Waals surface area contributed by atoms with Gasteiger partial charge in [0.05, 0.1) is 22.6 Å². The number of nitrogens with one attached hydrogen (secondary N) is 1. The Morgan fingerprint density at radius 2 is 2.00 bits per heavy atom. The largest absolute Gasteiger partial charge is 0.352 e. The molecule has 4 rings (SSSR count). The van der Waals surface area contributed by atoms with Gasteiger partial charge in [0.15, 0.2) is 0 Å². The Morgan fingerprint density at radius 3 is 2.75 bits per heavy atom. The fourth-order valence-electron chi connectivity index (χ4n) is 3.06. The molecule has 3 heterocycles. The Balaban J connectivity index is 1.72. The van der Waals surface area contributed by atoms with E-state index in [1.807, 2.05) is 10.3 Å². The minimum absolute atomic E-state index is 0.0998. The van der Waals surface area contributed by atoms with Crippen molar-refractivity contribution in [2.24, 2.45) is 4.99 Å². The van der Waals surface area contributed by atoms with Gasteiger partial charge in [0.1, 0.15) is 11.7 Å². The van der Waals surface area contributed by atoms with Crippen LogP contribution in [0.1, 0.15) is 12.5 Å². The van der Waals surface area contributed by atoms with Crippen LogP contribution in [0.15, 0.2) is 34.0 Å². The number of rotatable bonds is 0. The van der Waals surface area contributed by atoms with Crippen LogP contribution < -0.4 is 5.32 Å². The molecular formula is C17H17FN4OS. The molecule has 0 saturated carbocycles. The van der Waals surface area contributed by atoms with Gasteiger partial charge >= 0.3 is 0 Å². The van der Waals surface area contributed by atoms with E-state index in [9.17, 15) is 9.18 Å². The molecule has 1 fully saturated rings. The van der Waals surface area contributed by atoms with Gasteiger partial charge in [-0.25, -0.2) is 9.38 Å². The average molecular weight is 344 g/mol. The second kappa shape index (κ2) is 5.90. The van der Waals surface area contributed by atoms with E-state index < -0.39 is 0 Å². The lowest BCUT2D eigenvalue weighted by Gasteiger charge is -2.36. The number of carbonyl (C=O) groups is 1. The van der Waals surface area contributed by atoms with Gasteiger partial charge in [-0.2, -0.15) is 0 Å². The van der Waals surface area contributed by atoms with Crippen molar-refractivity contribution < 1.29 is 9.18 Å². The zero-order chi connectivity index (χ0) is 16.7. The maximum Gasteiger partial charge on any atom is 0.219 e. The summed E-state index contributed by atoms with van der Waals surface area (Å²) in [4.78, 5) is 20.3. The van der Waals surface area contributed by atoms with E-state index >= 15 is 0 Å². The molecule has 0 radical (unpaired) electrons. The van der Waals surface area contributed by atoms with Gasteiger partial charge in [0, 0.05) is 49.9 Å². The molecule has 0 spiro atoms. The predicted octanol–water partition coefficient (Wildman–Crippen LogP) is 3.19. The summed E-state index contributed by atoms with van der Waals surface area (Å²) in [6.45, 7) is 4.39. The van der Waals surface area contributed by atoms with Crippen LogP contribution in [0.4, 0.5) is 21.5 Å². The maximum atomic E-state index is 13.6. The van der Waals surface area contributed by atoms with E-state index in [0.29, 0.717) is 18.8 Å². The third kappa shape index (κ3) is 2.65. The highest BCUT2D eigenvalue weighted by Crippen LogP contribution is 2.37. The first kappa shape index (κ1) is 15.1. The Kier molecular flexibility index (Phi) is 3.72. The van der Waals surface area contributed by atoms with E-state index in [2.05, 4.69) is 15.6 Å². The number of aliphatic imine (C=N–C) groups is 1. The summed E-state index contributed by atoms with van der Waals surface area (Å²) in [7, 11) is 0. The van der Waals surface area contributed by atoms with Crippen molar-refractivity contribution in [3.05, 3.63) is 40.3 Å². The first-order valence-electron chi connectivity index (χ1n) is 7.84. The molecule has 1 N–H and O–H groups in total. The van der Waals surface area contributed by atoms with Gasteiger partial charge in [0.25, 0.3) is 0 Å². The van der Waals surface area contributed by atoms with Crippen LogP contribution >= 0.6 is 11.3 Å². The van der Waals surface area contributed by atoms with E-state index in [-0.39, 0.29) is 11.7 Å². The molecule has 5 nitrogen and oxygen atoms in total.